The molecule has 5 aliphatic rings. The predicted octanol–water partition coefficient (Wildman–Crippen LogP) is 10.2. The van der Waals surface area contributed by atoms with Crippen molar-refractivity contribution in [3.8, 4) is 0 Å². The lowest BCUT2D eigenvalue weighted by Crippen LogP contribution is -2.65. The summed E-state index contributed by atoms with van der Waals surface area (Å²) in [4.78, 5) is 0. The van der Waals surface area contributed by atoms with Crippen LogP contribution in [-0.2, 0) is 4.43 Å². The standard InChI is InChI=1S/C36H64O2Si/c1-30(2,3)39(11,12)38-29-16-17-33(8)27(32(29,6)7)15-18-35(10)28(33)14-13-25-26-23-31(4,5)19-21-36(26,24-37)22-20-34(25,35)9/h13,26-29,37H,14-24H2,1-12H3/t26-,27-,28+,29-,33-,34+,35+,36+/m0/s1/i24D2. The summed E-state index contributed by atoms with van der Waals surface area (Å²) in [5.74, 6) is 1.42. The SMILES string of the molecule is [2H]C([2H])(O)[C@]12CCC(C)(C)C[C@H]1C1=CC[C@@H]3[C@@]4(C)CC[C@H](O[Si](C)(C)C(C)(C)C)C(C)(C)[C@@H]4CC[C@@]3(C)[C@]1(C)CC2. The van der Waals surface area contributed by atoms with E-state index in [9.17, 15) is 5.11 Å². The maximum absolute atomic E-state index is 11.1. The van der Waals surface area contributed by atoms with E-state index < -0.39 is 20.3 Å². The van der Waals surface area contributed by atoms with E-state index in [-0.39, 0.29) is 38.0 Å². The largest absolute Gasteiger partial charge is 0.413 e. The van der Waals surface area contributed by atoms with Crippen LogP contribution in [0, 0.1) is 50.2 Å². The van der Waals surface area contributed by atoms with Gasteiger partial charge in [-0.25, -0.2) is 0 Å². The molecule has 0 aromatic carbocycles. The van der Waals surface area contributed by atoms with Crippen molar-refractivity contribution in [2.45, 2.75) is 158 Å². The smallest absolute Gasteiger partial charge is 0.192 e. The molecule has 8 atom stereocenters. The topological polar surface area (TPSA) is 29.5 Å². The van der Waals surface area contributed by atoms with Crippen LogP contribution in [0.1, 0.15) is 136 Å². The highest BCUT2D eigenvalue weighted by Crippen LogP contribution is 2.75. The summed E-state index contributed by atoms with van der Waals surface area (Å²) in [6.45, 7) is 27.4. The third-order valence-electron chi connectivity index (χ3n) is 15.0. The molecule has 0 unspecified atom stereocenters. The first-order valence-electron chi connectivity index (χ1n) is 17.5. The Kier molecular flexibility index (Phi) is 6.35. The van der Waals surface area contributed by atoms with E-state index in [1.165, 1.54) is 24.8 Å². The molecule has 0 saturated heterocycles. The van der Waals surface area contributed by atoms with Crippen LogP contribution in [0.3, 0.4) is 0 Å². The van der Waals surface area contributed by atoms with Gasteiger partial charge in [-0.05, 0) is 127 Å². The molecule has 3 heteroatoms. The molecule has 2 nitrogen and oxygen atoms in total. The van der Waals surface area contributed by atoms with Crippen molar-refractivity contribution in [1.29, 1.82) is 0 Å². The third-order valence-corrected chi connectivity index (χ3v) is 19.5. The Labute approximate surface area is 246 Å². The summed E-state index contributed by atoms with van der Waals surface area (Å²) in [5, 5.41) is 11.3. The molecule has 0 aliphatic heterocycles. The first-order valence-corrected chi connectivity index (χ1v) is 19.4. The fourth-order valence-corrected chi connectivity index (χ4v) is 12.7. The first-order chi connectivity index (χ1) is 18.4. The van der Waals surface area contributed by atoms with Gasteiger partial charge in [0.15, 0.2) is 8.32 Å². The van der Waals surface area contributed by atoms with Crippen LogP contribution in [0.25, 0.3) is 0 Å². The quantitative estimate of drug-likeness (QED) is 0.276. The van der Waals surface area contributed by atoms with E-state index >= 15 is 0 Å². The Hall–Kier alpha value is -0.123. The number of rotatable bonds is 3. The minimum absolute atomic E-state index is 0.0648. The van der Waals surface area contributed by atoms with E-state index in [0.29, 0.717) is 17.9 Å². The molecule has 0 amide bonds. The van der Waals surface area contributed by atoms with Gasteiger partial charge in [0, 0.05) is 12.0 Å². The van der Waals surface area contributed by atoms with Crippen LogP contribution >= 0.6 is 0 Å². The lowest BCUT2D eigenvalue weighted by atomic mass is 9.33. The van der Waals surface area contributed by atoms with Crippen LogP contribution in [0.2, 0.25) is 18.1 Å². The van der Waals surface area contributed by atoms with Crippen LogP contribution in [-0.4, -0.2) is 26.1 Å². The molecule has 39 heavy (non-hydrogen) atoms. The second kappa shape index (κ2) is 8.95. The Balaban J connectivity index is 1.52. The van der Waals surface area contributed by atoms with Gasteiger partial charge in [-0.3, -0.25) is 0 Å². The van der Waals surface area contributed by atoms with Gasteiger partial charge < -0.3 is 9.53 Å². The summed E-state index contributed by atoms with van der Waals surface area (Å²) in [5.41, 5.74) is 1.75. The highest BCUT2D eigenvalue weighted by Gasteiger charge is 2.68. The van der Waals surface area contributed by atoms with Gasteiger partial charge in [-0.1, -0.05) is 80.9 Å². The second-order valence-corrected chi connectivity index (χ2v) is 23.5. The summed E-state index contributed by atoms with van der Waals surface area (Å²) < 4.78 is 24.6. The number of aliphatic hydroxyl groups is 1. The van der Waals surface area contributed by atoms with E-state index in [0.717, 1.165) is 44.9 Å². The molecule has 0 aromatic rings. The molecule has 0 spiro atoms. The summed E-state index contributed by atoms with van der Waals surface area (Å²) >= 11 is 0. The molecule has 5 rings (SSSR count). The van der Waals surface area contributed by atoms with E-state index in [2.05, 4.69) is 88.4 Å². The minimum atomic E-state index is -2.13. The highest BCUT2D eigenvalue weighted by atomic mass is 28.4. The van der Waals surface area contributed by atoms with E-state index in [1.807, 2.05) is 0 Å². The van der Waals surface area contributed by atoms with Crippen molar-refractivity contribution < 1.29 is 12.3 Å². The molecule has 224 valence electrons. The summed E-state index contributed by atoms with van der Waals surface area (Å²) in [6.07, 6.45) is 13.6. The lowest BCUT2D eigenvalue weighted by Gasteiger charge is -2.71. The Morgan fingerprint density at radius 1 is 0.923 bits per heavy atom. The van der Waals surface area contributed by atoms with Crippen molar-refractivity contribution >= 4 is 8.32 Å². The molecule has 4 saturated carbocycles. The van der Waals surface area contributed by atoms with Gasteiger partial charge in [-0.2, -0.15) is 0 Å². The van der Waals surface area contributed by atoms with Gasteiger partial charge in [0.2, 0.25) is 0 Å². The first kappa shape index (κ1) is 27.7. The van der Waals surface area contributed by atoms with Crippen molar-refractivity contribution in [1.82, 2.24) is 0 Å². The number of allylic oxidation sites excluding steroid dienone is 2. The predicted molar refractivity (Wildman–Crippen MR) is 168 cm³/mol. The van der Waals surface area contributed by atoms with Crippen molar-refractivity contribution in [3.63, 3.8) is 0 Å². The Bertz CT molecular complexity index is 1080. The fraction of sp³-hybridized carbons (Fsp3) is 0.944. The molecule has 0 aromatic heterocycles. The molecular weight excluding hydrogens is 492 g/mol. The van der Waals surface area contributed by atoms with E-state index in [4.69, 9.17) is 7.17 Å². The van der Waals surface area contributed by atoms with Crippen LogP contribution in [0.4, 0.5) is 0 Å². The zero-order chi connectivity index (χ0) is 30.9. The van der Waals surface area contributed by atoms with Gasteiger partial charge >= 0.3 is 0 Å². The van der Waals surface area contributed by atoms with Crippen LogP contribution < -0.4 is 0 Å². The zero-order valence-corrected chi connectivity index (χ0v) is 28.8. The van der Waals surface area contributed by atoms with Crippen molar-refractivity contribution in [3.05, 3.63) is 11.6 Å². The normalized spacial score (nSPS) is 48.4. The van der Waals surface area contributed by atoms with Gasteiger partial charge in [0.05, 0.1) is 8.85 Å². The fourth-order valence-electron chi connectivity index (χ4n) is 11.2. The summed E-state index contributed by atoms with van der Waals surface area (Å²) in [6, 6.07) is 0. The molecule has 5 aliphatic carbocycles. The van der Waals surface area contributed by atoms with Crippen LogP contribution in [0.5, 0.6) is 0 Å². The van der Waals surface area contributed by atoms with Crippen molar-refractivity contribution in [2.75, 3.05) is 6.56 Å². The van der Waals surface area contributed by atoms with Gasteiger partial charge in [-0.15, -0.1) is 0 Å². The lowest BCUT2D eigenvalue weighted by molar-refractivity contribution is -0.202. The van der Waals surface area contributed by atoms with Crippen LogP contribution in [0.15, 0.2) is 11.6 Å². The average Bonchev–Trinajstić information content (AvgIpc) is 2.79. The Morgan fingerprint density at radius 3 is 2.18 bits per heavy atom. The van der Waals surface area contributed by atoms with Gasteiger partial charge in [0.1, 0.15) is 0 Å². The maximum Gasteiger partial charge on any atom is 0.192 e. The second-order valence-electron chi connectivity index (χ2n) is 18.7. The molecule has 1 N–H and O–H groups in total. The minimum Gasteiger partial charge on any atom is -0.413 e. The summed E-state index contributed by atoms with van der Waals surface area (Å²) in [7, 11) is -1.86. The number of hydrogen-bond acceptors (Lipinski definition) is 2. The molecule has 4 fully saturated rings. The monoisotopic (exact) mass is 558 g/mol. The molecule has 0 bridgehead atoms. The zero-order valence-electron chi connectivity index (χ0n) is 29.8. The highest BCUT2D eigenvalue weighted by molar-refractivity contribution is 6.74. The third kappa shape index (κ3) is 4.19. The number of hydrogen-bond donors (Lipinski definition) is 1. The van der Waals surface area contributed by atoms with Gasteiger partial charge in [0.25, 0.3) is 0 Å². The van der Waals surface area contributed by atoms with E-state index in [1.54, 1.807) is 0 Å². The van der Waals surface area contributed by atoms with Crippen molar-refractivity contribution in [2.24, 2.45) is 50.2 Å². The average molecular weight is 559 g/mol. The maximum atomic E-state index is 11.1. The molecular formula is C36H64O2Si. The molecule has 0 radical (unpaired) electrons. The number of fused-ring (bicyclic) bond motifs is 7. The Morgan fingerprint density at radius 2 is 1.56 bits per heavy atom. The molecule has 0 heterocycles.